The van der Waals surface area contributed by atoms with Gasteiger partial charge in [-0.05, 0) is 50.3 Å². The van der Waals surface area contributed by atoms with Gasteiger partial charge < -0.3 is 10.6 Å². The Hall–Kier alpha value is -1.44. The van der Waals surface area contributed by atoms with Gasteiger partial charge in [0.2, 0.25) is 15.9 Å². The van der Waals surface area contributed by atoms with Crippen LogP contribution in [0.5, 0.6) is 0 Å². The molecule has 1 amide bonds. The minimum absolute atomic E-state index is 0.123. The molecule has 0 radical (unpaired) electrons. The number of benzene rings is 1. The van der Waals surface area contributed by atoms with E-state index in [0.29, 0.717) is 24.8 Å². The van der Waals surface area contributed by atoms with Gasteiger partial charge in [-0.2, -0.15) is 4.31 Å². The fourth-order valence-electron chi connectivity index (χ4n) is 4.24. The van der Waals surface area contributed by atoms with Crippen LogP contribution in [0.25, 0.3) is 0 Å². The molecule has 0 spiro atoms. The van der Waals surface area contributed by atoms with Gasteiger partial charge in [0, 0.05) is 24.8 Å². The van der Waals surface area contributed by atoms with Crippen molar-refractivity contribution >= 4 is 21.6 Å². The second kappa shape index (κ2) is 10.5. The lowest BCUT2D eigenvalue weighted by molar-refractivity contribution is -0.115. The van der Waals surface area contributed by atoms with Crippen LogP contribution in [-0.2, 0) is 14.8 Å². The van der Waals surface area contributed by atoms with Crippen molar-refractivity contribution in [3.8, 4) is 0 Å². The van der Waals surface area contributed by atoms with Crippen LogP contribution in [0.1, 0.15) is 69.8 Å². The van der Waals surface area contributed by atoms with E-state index >= 15 is 0 Å². The first-order chi connectivity index (χ1) is 14.0. The third-order valence-electron chi connectivity index (χ3n) is 6.09. The van der Waals surface area contributed by atoms with Gasteiger partial charge in [-0.1, -0.05) is 44.6 Å². The van der Waals surface area contributed by atoms with Crippen LogP contribution >= 0.6 is 0 Å². The molecule has 0 atom stereocenters. The van der Waals surface area contributed by atoms with E-state index in [1.54, 1.807) is 22.5 Å². The van der Waals surface area contributed by atoms with E-state index in [1.165, 1.54) is 32.1 Å². The predicted octanol–water partition coefficient (Wildman–Crippen LogP) is 3.81. The molecule has 2 aliphatic rings. The van der Waals surface area contributed by atoms with Gasteiger partial charge in [0.05, 0.1) is 11.4 Å². The van der Waals surface area contributed by atoms with Crippen molar-refractivity contribution in [2.75, 3.05) is 25.0 Å². The van der Waals surface area contributed by atoms with Crippen LogP contribution in [0.3, 0.4) is 0 Å². The first-order valence-corrected chi connectivity index (χ1v) is 12.5. The summed E-state index contributed by atoms with van der Waals surface area (Å²) in [4.78, 5) is 12.7. The monoisotopic (exact) mass is 421 g/mol. The highest BCUT2D eigenvalue weighted by Gasteiger charge is 2.26. The van der Waals surface area contributed by atoms with Gasteiger partial charge >= 0.3 is 0 Å². The lowest BCUT2D eigenvalue weighted by atomic mass is 9.97. The minimum Gasteiger partial charge on any atom is -0.325 e. The van der Waals surface area contributed by atoms with E-state index in [9.17, 15) is 13.2 Å². The number of hydrogen-bond donors (Lipinski definition) is 2. The number of aryl methyl sites for hydroxylation is 1. The van der Waals surface area contributed by atoms with Crippen molar-refractivity contribution in [2.45, 2.75) is 82.1 Å². The Morgan fingerprint density at radius 1 is 1.00 bits per heavy atom. The molecule has 2 fully saturated rings. The Balaban J connectivity index is 1.61. The number of rotatable bonds is 6. The topological polar surface area (TPSA) is 78.5 Å². The lowest BCUT2D eigenvalue weighted by Gasteiger charge is -2.26. The Labute approximate surface area is 175 Å². The summed E-state index contributed by atoms with van der Waals surface area (Å²) in [7, 11) is -3.51. The summed E-state index contributed by atoms with van der Waals surface area (Å²) >= 11 is 0. The predicted molar refractivity (Wildman–Crippen MR) is 117 cm³/mol. The number of hydrogen-bond acceptors (Lipinski definition) is 4. The molecule has 0 aromatic heterocycles. The molecule has 1 saturated carbocycles. The van der Waals surface area contributed by atoms with Crippen LogP contribution in [0.15, 0.2) is 23.1 Å². The molecule has 1 aromatic carbocycles. The van der Waals surface area contributed by atoms with E-state index in [0.717, 1.165) is 37.7 Å². The largest absolute Gasteiger partial charge is 0.325 e. The second-order valence-corrected chi connectivity index (χ2v) is 10.4. The van der Waals surface area contributed by atoms with E-state index in [1.807, 2.05) is 6.92 Å². The van der Waals surface area contributed by atoms with E-state index < -0.39 is 10.0 Å². The first-order valence-electron chi connectivity index (χ1n) is 11.1. The van der Waals surface area contributed by atoms with Crippen LogP contribution in [0.4, 0.5) is 5.69 Å². The fraction of sp³-hybridized carbons (Fsp3) is 0.682. The molecule has 1 saturated heterocycles. The third-order valence-corrected chi connectivity index (χ3v) is 7.99. The minimum atomic E-state index is -3.51. The molecule has 3 rings (SSSR count). The van der Waals surface area contributed by atoms with Gasteiger partial charge in [0.25, 0.3) is 0 Å². The third kappa shape index (κ3) is 6.27. The van der Waals surface area contributed by atoms with Crippen LogP contribution < -0.4 is 10.6 Å². The quantitative estimate of drug-likeness (QED) is 0.732. The molecular formula is C22H35N3O3S. The molecule has 1 aliphatic heterocycles. The van der Waals surface area contributed by atoms with Crippen molar-refractivity contribution in [1.29, 1.82) is 0 Å². The number of piperidine rings is 1. The maximum Gasteiger partial charge on any atom is 0.243 e. The summed E-state index contributed by atoms with van der Waals surface area (Å²) in [5.74, 6) is -0.123. The summed E-state index contributed by atoms with van der Waals surface area (Å²) in [5, 5.41) is 6.30. The SMILES string of the molecule is Cc1ccc(S(=O)(=O)N2CCCCC2)cc1NC(=O)CNC1CCCCCCC1. The number of sulfonamides is 1. The molecule has 1 aliphatic carbocycles. The van der Waals surface area contributed by atoms with Crippen molar-refractivity contribution in [3.63, 3.8) is 0 Å². The van der Waals surface area contributed by atoms with E-state index in [-0.39, 0.29) is 17.3 Å². The number of carbonyl (C=O) groups excluding carboxylic acids is 1. The lowest BCUT2D eigenvalue weighted by Crippen LogP contribution is -2.37. The standard InChI is InChI=1S/C22H35N3O3S/c1-18-12-13-20(29(27,28)25-14-8-5-9-15-25)16-21(18)24-22(26)17-23-19-10-6-3-2-4-7-11-19/h12-13,16,19,23H,2-11,14-15,17H2,1H3,(H,24,26). The highest BCUT2D eigenvalue weighted by atomic mass is 32.2. The number of anilines is 1. The van der Waals surface area contributed by atoms with Gasteiger partial charge in [-0.3, -0.25) is 4.79 Å². The Bertz CT molecular complexity index is 780. The van der Waals surface area contributed by atoms with Crippen molar-refractivity contribution < 1.29 is 13.2 Å². The molecule has 1 aromatic rings. The first kappa shape index (κ1) is 22.2. The van der Waals surface area contributed by atoms with Crippen LogP contribution in [0.2, 0.25) is 0 Å². The van der Waals surface area contributed by atoms with Gasteiger partial charge in [0.15, 0.2) is 0 Å². The molecule has 0 unspecified atom stereocenters. The summed E-state index contributed by atoms with van der Waals surface area (Å²) in [6, 6.07) is 5.41. The molecular weight excluding hydrogens is 386 g/mol. The second-order valence-electron chi connectivity index (χ2n) is 8.41. The Kier molecular flexibility index (Phi) is 8.09. The smallest absolute Gasteiger partial charge is 0.243 e. The number of carbonyl (C=O) groups is 1. The van der Waals surface area contributed by atoms with Gasteiger partial charge in [0.1, 0.15) is 0 Å². The summed E-state index contributed by atoms with van der Waals surface area (Å²) < 4.78 is 27.4. The summed E-state index contributed by atoms with van der Waals surface area (Å²) in [5.41, 5.74) is 1.44. The van der Waals surface area contributed by atoms with Crippen molar-refractivity contribution in [3.05, 3.63) is 23.8 Å². The van der Waals surface area contributed by atoms with Crippen LogP contribution in [-0.4, -0.2) is 44.3 Å². The molecule has 6 nitrogen and oxygen atoms in total. The van der Waals surface area contributed by atoms with E-state index in [4.69, 9.17) is 0 Å². The fourth-order valence-corrected chi connectivity index (χ4v) is 5.79. The number of nitrogens with zero attached hydrogens (tertiary/aromatic N) is 1. The maximum absolute atomic E-state index is 12.9. The van der Waals surface area contributed by atoms with Gasteiger partial charge in [-0.15, -0.1) is 0 Å². The zero-order valence-corrected chi connectivity index (χ0v) is 18.4. The van der Waals surface area contributed by atoms with Crippen molar-refractivity contribution in [1.82, 2.24) is 9.62 Å². The number of nitrogens with one attached hydrogen (secondary N) is 2. The Morgan fingerprint density at radius 2 is 1.62 bits per heavy atom. The molecule has 29 heavy (non-hydrogen) atoms. The maximum atomic E-state index is 12.9. The molecule has 162 valence electrons. The normalized spacial score (nSPS) is 20.0. The molecule has 1 heterocycles. The zero-order valence-electron chi connectivity index (χ0n) is 17.6. The van der Waals surface area contributed by atoms with Crippen molar-refractivity contribution in [2.24, 2.45) is 0 Å². The van der Waals surface area contributed by atoms with Crippen LogP contribution in [0, 0.1) is 6.92 Å². The molecule has 0 bridgehead atoms. The van der Waals surface area contributed by atoms with E-state index in [2.05, 4.69) is 10.6 Å². The summed E-state index contributed by atoms with van der Waals surface area (Å²) in [6.45, 7) is 3.29. The zero-order chi connectivity index (χ0) is 20.7. The molecule has 7 heteroatoms. The summed E-state index contributed by atoms with van der Waals surface area (Å²) in [6.07, 6.45) is 11.4. The average Bonchev–Trinajstić information content (AvgIpc) is 2.69. The average molecular weight is 422 g/mol. The number of amides is 1. The highest BCUT2D eigenvalue weighted by molar-refractivity contribution is 7.89. The molecule has 2 N–H and O–H groups in total. The Morgan fingerprint density at radius 3 is 2.31 bits per heavy atom. The highest BCUT2D eigenvalue weighted by Crippen LogP contribution is 2.25. The van der Waals surface area contributed by atoms with Gasteiger partial charge in [-0.25, -0.2) is 8.42 Å².